The van der Waals surface area contributed by atoms with Crippen LogP contribution in [0.1, 0.15) is 11.1 Å². The molecule has 0 aliphatic carbocycles. The molecule has 0 aliphatic rings. The normalized spacial score (nSPS) is 10.5. The largest absolute Gasteiger partial charge is 0.328 e. The lowest BCUT2D eigenvalue weighted by Crippen LogP contribution is -2.31. The van der Waals surface area contributed by atoms with Crippen molar-refractivity contribution in [1.29, 1.82) is 0 Å². The quantitative estimate of drug-likeness (QED) is 0.828. The summed E-state index contributed by atoms with van der Waals surface area (Å²) in [5.74, 6) is -1.52. The van der Waals surface area contributed by atoms with Gasteiger partial charge in [0.1, 0.15) is 11.6 Å². The number of hydrogen-bond donors (Lipinski definition) is 1. The van der Waals surface area contributed by atoms with Crippen LogP contribution in [0.4, 0.5) is 8.78 Å². The van der Waals surface area contributed by atoms with Gasteiger partial charge in [0, 0.05) is 11.8 Å². The van der Waals surface area contributed by atoms with Crippen molar-refractivity contribution in [2.24, 2.45) is 0 Å². The average Bonchev–Trinajstić information content (AvgIpc) is 2.38. The minimum Gasteiger partial charge on any atom is -0.295 e. The van der Waals surface area contributed by atoms with Crippen molar-refractivity contribution >= 4 is 37.9 Å². The molecule has 0 fully saturated rings. The number of hydrogen-bond acceptors (Lipinski definition) is 2. The van der Waals surface area contributed by atoms with E-state index in [4.69, 9.17) is 0 Å². The van der Waals surface area contributed by atoms with E-state index in [1.54, 1.807) is 0 Å². The van der Waals surface area contributed by atoms with Gasteiger partial charge in [-0.3, -0.25) is 14.3 Å². The van der Waals surface area contributed by atoms with Gasteiger partial charge < -0.3 is 0 Å². The minimum atomic E-state index is -0.758. The van der Waals surface area contributed by atoms with Crippen molar-refractivity contribution in [3.63, 3.8) is 0 Å². The fourth-order valence-corrected chi connectivity index (χ4v) is 2.21. The summed E-state index contributed by atoms with van der Waals surface area (Å²) in [6, 6.07) is 3.44. The highest BCUT2D eigenvalue weighted by atomic mass is 79.9. The third kappa shape index (κ3) is 3.76. The molecule has 0 bridgehead atoms. The van der Waals surface area contributed by atoms with Crippen LogP contribution in [0.2, 0.25) is 0 Å². The first-order chi connectivity index (χ1) is 9.88. The molecule has 0 saturated heterocycles. The first-order valence-electron chi connectivity index (χ1n) is 5.68. The van der Waals surface area contributed by atoms with Crippen LogP contribution in [0.15, 0.2) is 37.4 Å². The Morgan fingerprint density at radius 1 is 1.24 bits per heavy atom. The first-order valence-corrected chi connectivity index (χ1v) is 7.26. The molecular weight excluding hydrogens is 414 g/mol. The third-order valence-corrected chi connectivity index (χ3v) is 3.15. The van der Waals surface area contributed by atoms with Crippen LogP contribution in [-0.2, 0) is 6.54 Å². The maximum atomic E-state index is 13.6. The molecule has 1 aromatic carbocycles. The van der Waals surface area contributed by atoms with E-state index < -0.39 is 22.9 Å². The Hall–Kier alpha value is -1.54. The third-order valence-electron chi connectivity index (χ3n) is 2.69. The van der Waals surface area contributed by atoms with Crippen molar-refractivity contribution < 1.29 is 8.78 Å². The Kier molecular flexibility index (Phi) is 4.89. The SMILES string of the molecule is O=c1[nH]c(=O)n(Cc2c(F)cccc2F)cc1C=C(Br)Br. The molecule has 1 heterocycles. The second-order valence-corrected chi connectivity index (χ2v) is 6.88. The van der Waals surface area contributed by atoms with E-state index >= 15 is 0 Å². The van der Waals surface area contributed by atoms with Gasteiger partial charge in [-0.05, 0) is 50.1 Å². The molecule has 2 aromatic rings. The molecule has 0 unspecified atom stereocenters. The van der Waals surface area contributed by atoms with E-state index in [1.807, 2.05) is 0 Å². The molecule has 1 aromatic heterocycles. The summed E-state index contributed by atoms with van der Waals surface area (Å²) >= 11 is 6.19. The number of nitrogens with one attached hydrogen (secondary N) is 1. The van der Waals surface area contributed by atoms with Gasteiger partial charge in [0.15, 0.2) is 0 Å². The fourth-order valence-electron chi connectivity index (χ4n) is 1.72. The van der Waals surface area contributed by atoms with Crippen molar-refractivity contribution in [1.82, 2.24) is 9.55 Å². The Morgan fingerprint density at radius 2 is 1.86 bits per heavy atom. The zero-order valence-corrected chi connectivity index (χ0v) is 13.5. The summed E-state index contributed by atoms with van der Waals surface area (Å²) in [5, 5.41) is 0. The van der Waals surface area contributed by atoms with Crippen molar-refractivity contribution in [2.75, 3.05) is 0 Å². The van der Waals surface area contributed by atoms with Gasteiger partial charge in [0.05, 0.1) is 15.5 Å². The van der Waals surface area contributed by atoms with E-state index in [0.717, 1.165) is 16.7 Å². The van der Waals surface area contributed by atoms with Crippen LogP contribution >= 0.6 is 31.9 Å². The van der Waals surface area contributed by atoms with Gasteiger partial charge in [-0.25, -0.2) is 13.6 Å². The van der Waals surface area contributed by atoms with Crippen LogP contribution in [0.3, 0.4) is 0 Å². The molecule has 4 nitrogen and oxygen atoms in total. The summed E-state index contributed by atoms with van der Waals surface area (Å²) in [7, 11) is 0. The fraction of sp³-hybridized carbons (Fsp3) is 0.0769. The minimum absolute atomic E-state index is 0.162. The number of rotatable bonds is 3. The molecule has 0 radical (unpaired) electrons. The van der Waals surface area contributed by atoms with Crippen LogP contribution in [-0.4, -0.2) is 9.55 Å². The zero-order valence-electron chi connectivity index (χ0n) is 10.4. The van der Waals surface area contributed by atoms with E-state index in [0.29, 0.717) is 3.39 Å². The van der Waals surface area contributed by atoms with Gasteiger partial charge in [-0.2, -0.15) is 0 Å². The van der Waals surface area contributed by atoms with E-state index in [-0.39, 0.29) is 17.7 Å². The molecule has 0 aliphatic heterocycles. The molecular formula is C13H8Br2F2N2O2. The van der Waals surface area contributed by atoms with Gasteiger partial charge in [0.2, 0.25) is 0 Å². The standard InChI is InChI=1S/C13H8Br2F2N2O2/c14-11(15)4-7-5-19(13(21)18-12(7)20)6-8-9(16)2-1-3-10(8)17/h1-5H,6H2,(H,18,20,21). The summed E-state index contributed by atoms with van der Waals surface area (Å²) < 4.78 is 28.7. The number of benzene rings is 1. The van der Waals surface area contributed by atoms with Gasteiger partial charge in [-0.15, -0.1) is 0 Å². The van der Waals surface area contributed by atoms with E-state index in [2.05, 4.69) is 36.8 Å². The predicted octanol–water partition coefficient (Wildman–Crippen LogP) is 2.95. The Balaban J connectivity index is 2.53. The first kappa shape index (κ1) is 15.8. The molecule has 110 valence electrons. The maximum absolute atomic E-state index is 13.6. The number of halogens is 4. The average molecular weight is 422 g/mol. The summed E-state index contributed by atoms with van der Waals surface area (Å²) in [6.07, 6.45) is 2.65. The van der Waals surface area contributed by atoms with Gasteiger partial charge >= 0.3 is 5.69 Å². The summed E-state index contributed by atoms with van der Waals surface area (Å²) in [6.45, 7) is -0.325. The van der Waals surface area contributed by atoms with E-state index in [1.165, 1.54) is 18.3 Å². The lowest BCUT2D eigenvalue weighted by atomic mass is 10.2. The number of aromatic nitrogens is 2. The smallest absolute Gasteiger partial charge is 0.295 e. The number of aromatic amines is 1. The number of H-pyrrole nitrogens is 1. The summed E-state index contributed by atoms with van der Waals surface area (Å²) in [5.41, 5.74) is -1.43. The highest BCUT2D eigenvalue weighted by Gasteiger charge is 2.11. The molecule has 21 heavy (non-hydrogen) atoms. The lowest BCUT2D eigenvalue weighted by Gasteiger charge is -2.08. The zero-order chi connectivity index (χ0) is 15.6. The molecule has 0 saturated carbocycles. The highest BCUT2D eigenvalue weighted by molar-refractivity contribution is 9.28. The van der Waals surface area contributed by atoms with Crippen LogP contribution in [0, 0.1) is 11.6 Å². The van der Waals surface area contributed by atoms with Gasteiger partial charge in [0.25, 0.3) is 5.56 Å². The monoisotopic (exact) mass is 420 g/mol. The van der Waals surface area contributed by atoms with Crippen LogP contribution < -0.4 is 11.2 Å². The molecule has 0 atom stereocenters. The maximum Gasteiger partial charge on any atom is 0.328 e. The van der Waals surface area contributed by atoms with Gasteiger partial charge in [-0.1, -0.05) is 6.07 Å². The molecule has 2 rings (SSSR count). The van der Waals surface area contributed by atoms with Crippen molar-refractivity contribution in [3.8, 4) is 0 Å². The Morgan fingerprint density at radius 3 is 2.43 bits per heavy atom. The number of nitrogens with zero attached hydrogens (tertiary/aromatic N) is 1. The predicted molar refractivity (Wildman–Crippen MR) is 82.6 cm³/mol. The Labute approximate surface area is 134 Å². The second kappa shape index (κ2) is 6.48. The van der Waals surface area contributed by atoms with Crippen LogP contribution in [0.25, 0.3) is 6.08 Å². The second-order valence-electron chi connectivity index (χ2n) is 4.11. The van der Waals surface area contributed by atoms with E-state index in [9.17, 15) is 18.4 Å². The van der Waals surface area contributed by atoms with Crippen molar-refractivity contribution in [2.45, 2.75) is 6.54 Å². The molecule has 1 N–H and O–H groups in total. The van der Waals surface area contributed by atoms with Crippen molar-refractivity contribution in [3.05, 3.63) is 71.4 Å². The highest BCUT2D eigenvalue weighted by Crippen LogP contribution is 2.16. The lowest BCUT2D eigenvalue weighted by molar-refractivity contribution is 0.539. The van der Waals surface area contributed by atoms with Crippen LogP contribution in [0.5, 0.6) is 0 Å². The molecule has 8 heteroatoms. The molecule has 0 spiro atoms. The Bertz CT molecular complexity index is 803. The molecule has 0 amide bonds. The topological polar surface area (TPSA) is 54.9 Å². The summed E-state index contributed by atoms with van der Waals surface area (Å²) in [4.78, 5) is 25.4.